The summed E-state index contributed by atoms with van der Waals surface area (Å²) in [5.41, 5.74) is 2.50. The second-order valence-corrected chi connectivity index (χ2v) is 5.68. The van der Waals surface area contributed by atoms with Gasteiger partial charge in [-0.2, -0.15) is 5.26 Å². The first kappa shape index (κ1) is 19.7. The Bertz CT molecular complexity index is 1190. The Morgan fingerprint density at radius 1 is 1.00 bits per heavy atom. The van der Waals surface area contributed by atoms with Crippen LogP contribution in [0.25, 0.3) is 22.4 Å². The molecular weight excluding hydrogens is 399 g/mol. The van der Waals surface area contributed by atoms with Crippen LogP contribution >= 0.6 is 0 Å². The minimum absolute atomic E-state index is 0.0699. The van der Waals surface area contributed by atoms with Crippen LogP contribution in [-0.2, 0) is 0 Å². The normalized spacial score (nSPS) is 10.6. The summed E-state index contributed by atoms with van der Waals surface area (Å²) in [5.74, 6) is -11.6. The molecular formula is C18H7F5N4O2. The zero-order valence-corrected chi connectivity index (χ0v) is 14.0. The molecule has 0 aliphatic heterocycles. The summed E-state index contributed by atoms with van der Waals surface area (Å²) < 4.78 is 69.1. The zero-order valence-electron chi connectivity index (χ0n) is 14.0. The van der Waals surface area contributed by atoms with Gasteiger partial charge >= 0.3 is 0 Å². The maximum atomic E-state index is 14.3. The molecule has 146 valence electrons. The lowest BCUT2D eigenvalue weighted by molar-refractivity contribution is -0.384. The van der Waals surface area contributed by atoms with Crippen molar-refractivity contribution in [2.24, 2.45) is 0 Å². The number of aromatic nitrogens is 1. The van der Waals surface area contributed by atoms with E-state index < -0.39 is 56.5 Å². The van der Waals surface area contributed by atoms with E-state index in [1.54, 1.807) is 0 Å². The predicted octanol–water partition coefficient (Wildman–Crippen LogP) is 4.47. The fourth-order valence-corrected chi connectivity index (χ4v) is 2.65. The van der Waals surface area contributed by atoms with Gasteiger partial charge in [0.1, 0.15) is 17.5 Å². The van der Waals surface area contributed by atoms with Crippen molar-refractivity contribution in [3.8, 4) is 28.5 Å². The van der Waals surface area contributed by atoms with E-state index in [-0.39, 0.29) is 16.9 Å². The third kappa shape index (κ3) is 3.20. The number of hydrogen-bond acceptors (Lipinski definition) is 5. The van der Waals surface area contributed by atoms with Crippen molar-refractivity contribution in [2.45, 2.75) is 0 Å². The molecule has 0 saturated carbocycles. The van der Waals surface area contributed by atoms with Crippen molar-refractivity contribution in [3.63, 3.8) is 0 Å². The Kier molecular flexibility index (Phi) is 4.86. The lowest BCUT2D eigenvalue weighted by atomic mass is 9.97. The van der Waals surface area contributed by atoms with Crippen molar-refractivity contribution in [1.29, 1.82) is 5.26 Å². The summed E-state index contributed by atoms with van der Waals surface area (Å²) in [7, 11) is 0. The minimum Gasteiger partial charge on any atom is -0.383 e. The van der Waals surface area contributed by atoms with Gasteiger partial charge in [0.15, 0.2) is 23.3 Å². The summed E-state index contributed by atoms with van der Waals surface area (Å²) >= 11 is 0. The van der Waals surface area contributed by atoms with E-state index in [2.05, 4.69) is 4.98 Å². The maximum Gasteiger partial charge on any atom is 0.270 e. The lowest BCUT2D eigenvalue weighted by Gasteiger charge is -2.13. The predicted molar refractivity (Wildman–Crippen MR) is 90.7 cm³/mol. The number of halogens is 5. The molecule has 2 aromatic carbocycles. The third-order valence-corrected chi connectivity index (χ3v) is 3.99. The number of hydrogen-bond donors (Lipinski definition) is 1. The monoisotopic (exact) mass is 406 g/mol. The Morgan fingerprint density at radius 2 is 1.59 bits per heavy atom. The van der Waals surface area contributed by atoms with E-state index in [1.807, 2.05) is 0 Å². The number of nitro benzene ring substituents is 1. The Balaban J connectivity index is 2.37. The molecule has 29 heavy (non-hydrogen) atoms. The van der Waals surface area contributed by atoms with Gasteiger partial charge in [-0.1, -0.05) is 12.1 Å². The first-order valence-electron chi connectivity index (χ1n) is 7.64. The van der Waals surface area contributed by atoms with Gasteiger partial charge in [0.2, 0.25) is 5.82 Å². The van der Waals surface area contributed by atoms with Crippen LogP contribution in [0, 0.1) is 50.5 Å². The molecule has 0 spiro atoms. The molecule has 1 heterocycles. The summed E-state index contributed by atoms with van der Waals surface area (Å²) in [6, 6.07) is 7.26. The van der Waals surface area contributed by atoms with E-state index in [9.17, 15) is 37.3 Å². The number of nitro groups is 1. The Labute approximate surface area is 158 Å². The summed E-state index contributed by atoms with van der Waals surface area (Å²) in [5, 5.41) is 20.2. The van der Waals surface area contributed by atoms with Crippen LogP contribution in [0.3, 0.4) is 0 Å². The van der Waals surface area contributed by atoms with Crippen LogP contribution in [-0.4, -0.2) is 9.91 Å². The fraction of sp³-hybridized carbons (Fsp3) is 0. The largest absolute Gasteiger partial charge is 0.383 e. The third-order valence-electron chi connectivity index (χ3n) is 3.99. The highest BCUT2D eigenvalue weighted by Crippen LogP contribution is 2.37. The van der Waals surface area contributed by atoms with Crippen LogP contribution in [0.1, 0.15) is 5.56 Å². The topological polar surface area (TPSA) is 106 Å². The molecule has 1 aromatic heterocycles. The summed E-state index contributed by atoms with van der Waals surface area (Å²) in [6.07, 6.45) is 0. The molecule has 0 aliphatic carbocycles. The number of nitrogens with zero attached hydrogens (tertiary/aromatic N) is 3. The van der Waals surface area contributed by atoms with E-state index in [0.29, 0.717) is 0 Å². The number of nitrogen functional groups attached to an aromatic ring is 1. The molecule has 0 fully saturated rings. The fourth-order valence-electron chi connectivity index (χ4n) is 2.65. The smallest absolute Gasteiger partial charge is 0.270 e. The van der Waals surface area contributed by atoms with Gasteiger partial charge in [0, 0.05) is 23.3 Å². The summed E-state index contributed by atoms with van der Waals surface area (Å²) in [4.78, 5) is 14.1. The molecule has 6 nitrogen and oxygen atoms in total. The highest BCUT2D eigenvalue weighted by Gasteiger charge is 2.29. The van der Waals surface area contributed by atoms with Gasteiger partial charge in [0.25, 0.3) is 5.69 Å². The first-order chi connectivity index (χ1) is 13.7. The highest BCUT2D eigenvalue weighted by molar-refractivity contribution is 5.81. The molecule has 0 aliphatic rings. The molecule has 3 aromatic rings. The number of rotatable bonds is 3. The second-order valence-electron chi connectivity index (χ2n) is 5.68. The molecule has 11 heteroatoms. The number of anilines is 1. The van der Waals surface area contributed by atoms with Crippen LogP contribution in [0.2, 0.25) is 0 Å². The van der Waals surface area contributed by atoms with Gasteiger partial charge in [-0.3, -0.25) is 10.1 Å². The second kappa shape index (κ2) is 7.16. The van der Waals surface area contributed by atoms with Crippen molar-refractivity contribution >= 4 is 11.5 Å². The quantitative estimate of drug-likeness (QED) is 0.227. The van der Waals surface area contributed by atoms with E-state index >= 15 is 0 Å². The van der Waals surface area contributed by atoms with Crippen LogP contribution in [0.4, 0.5) is 33.5 Å². The number of benzene rings is 2. The molecule has 0 bridgehead atoms. The van der Waals surface area contributed by atoms with Gasteiger partial charge in [0.05, 0.1) is 16.2 Å². The van der Waals surface area contributed by atoms with Crippen molar-refractivity contribution < 1.29 is 26.9 Å². The molecule has 0 amide bonds. The standard InChI is InChI=1S/C18H7F5N4O2/c19-13-12(14(20)16(22)17(23)15(13)21)9-5-11(26-18(25)10(9)6-24)7-2-1-3-8(4-7)27(28)29/h1-5H,(H2,25,26). The number of pyridine rings is 1. The van der Waals surface area contributed by atoms with Crippen LogP contribution < -0.4 is 5.73 Å². The lowest BCUT2D eigenvalue weighted by Crippen LogP contribution is -2.07. The SMILES string of the molecule is N#Cc1c(-c2c(F)c(F)c(F)c(F)c2F)cc(-c2cccc([N+](=O)[O-])c2)nc1N. The number of non-ortho nitro benzene ring substituents is 1. The van der Waals surface area contributed by atoms with E-state index in [1.165, 1.54) is 24.3 Å². The number of nitrogens with two attached hydrogens (primary N) is 1. The molecule has 0 saturated heterocycles. The minimum atomic E-state index is -2.36. The van der Waals surface area contributed by atoms with E-state index in [0.717, 1.165) is 12.1 Å². The maximum absolute atomic E-state index is 14.3. The highest BCUT2D eigenvalue weighted by atomic mass is 19.2. The molecule has 2 N–H and O–H groups in total. The number of nitriles is 1. The summed E-state index contributed by atoms with van der Waals surface area (Å²) in [6.45, 7) is 0. The zero-order chi connectivity index (χ0) is 21.5. The van der Waals surface area contributed by atoms with Gasteiger partial charge < -0.3 is 5.73 Å². The molecule has 0 unspecified atom stereocenters. The Morgan fingerprint density at radius 3 is 2.14 bits per heavy atom. The average Bonchev–Trinajstić information content (AvgIpc) is 2.70. The van der Waals surface area contributed by atoms with Crippen LogP contribution in [0.5, 0.6) is 0 Å². The van der Waals surface area contributed by atoms with Crippen molar-refractivity contribution in [1.82, 2.24) is 4.98 Å². The van der Waals surface area contributed by atoms with Crippen molar-refractivity contribution in [2.75, 3.05) is 5.73 Å². The van der Waals surface area contributed by atoms with Gasteiger partial charge in [-0.15, -0.1) is 0 Å². The Hall–Kier alpha value is -4.07. The molecule has 3 rings (SSSR count). The van der Waals surface area contributed by atoms with E-state index in [4.69, 9.17) is 5.73 Å². The molecule has 0 atom stereocenters. The van der Waals surface area contributed by atoms with Gasteiger partial charge in [-0.05, 0) is 6.07 Å². The van der Waals surface area contributed by atoms with Crippen LogP contribution in [0.15, 0.2) is 30.3 Å². The molecule has 0 radical (unpaired) electrons. The van der Waals surface area contributed by atoms with Crippen molar-refractivity contribution in [3.05, 3.63) is 75.1 Å². The van der Waals surface area contributed by atoms with Gasteiger partial charge in [-0.25, -0.2) is 26.9 Å². The first-order valence-corrected chi connectivity index (χ1v) is 7.64. The average molecular weight is 406 g/mol.